The van der Waals surface area contributed by atoms with Gasteiger partial charge in [-0.1, -0.05) is 59.6 Å². The molecule has 1 aliphatic heterocycles. The second-order valence-corrected chi connectivity index (χ2v) is 12.1. The zero-order valence-corrected chi connectivity index (χ0v) is 25.9. The lowest BCUT2D eigenvalue weighted by atomic mass is 9.73. The Morgan fingerprint density at radius 3 is 2.22 bits per heavy atom. The molecule has 4 aromatic carbocycles. The van der Waals surface area contributed by atoms with Gasteiger partial charge in [0, 0.05) is 10.6 Å². The average Bonchev–Trinajstić information content (AvgIpc) is 3.32. The van der Waals surface area contributed by atoms with E-state index in [1.54, 1.807) is 12.1 Å². The van der Waals surface area contributed by atoms with Gasteiger partial charge in [-0.15, -0.1) is 0 Å². The van der Waals surface area contributed by atoms with Crippen molar-refractivity contribution in [2.75, 3.05) is 11.5 Å². The number of anilines is 1. The minimum atomic E-state index is -0.777. The molecule has 4 aromatic rings. The standard InChI is InChI=1S/C36H27Cl2NO7/c37-25-12-16-29(31(38)19-25)36(44)46-27-13-9-22(10-14-27)32(40)20-45-35(43)24-7-4-8-26(17-24)39-33(41)28-15-11-23(18-30(28)34(39)42)21-5-2-1-3-6-21/h1-10,12-14,16-17,19,23,28,30H,11,15,18,20H2/t23-,28-,30-/m0/s1. The lowest BCUT2D eigenvalue weighted by molar-refractivity contribution is -0.122. The first-order chi connectivity index (χ1) is 22.2. The maximum absolute atomic E-state index is 13.5. The zero-order chi connectivity index (χ0) is 32.4. The molecule has 46 heavy (non-hydrogen) atoms. The van der Waals surface area contributed by atoms with Crippen molar-refractivity contribution in [3.05, 3.63) is 129 Å². The van der Waals surface area contributed by atoms with Crippen LogP contribution < -0.4 is 9.64 Å². The van der Waals surface area contributed by atoms with Gasteiger partial charge in [0.2, 0.25) is 11.8 Å². The molecule has 0 radical (unpaired) electrons. The molecular formula is C36H27Cl2NO7. The number of ketones is 1. The fourth-order valence-corrected chi connectivity index (χ4v) is 6.54. The molecule has 1 saturated carbocycles. The van der Waals surface area contributed by atoms with E-state index in [0.717, 1.165) is 12.0 Å². The van der Waals surface area contributed by atoms with Gasteiger partial charge in [0.25, 0.3) is 0 Å². The van der Waals surface area contributed by atoms with E-state index < -0.39 is 30.2 Å². The van der Waals surface area contributed by atoms with E-state index in [-0.39, 0.29) is 51.1 Å². The van der Waals surface area contributed by atoms with Crippen molar-refractivity contribution in [3.8, 4) is 5.75 Å². The van der Waals surface area contributed by atoms with E-state index in [0.29, 0.717) is 23.6 Å². The number of imide groups is 1. The van der Waals surface area contributed by atoms with Crippen molar-refractivity contribution in [2.45, 2.75) is 25.2 Å². The largest absolute Gasteiger partial charge is 0.454 e. The van der Waals surface area contributed by atoms with Crippen LogP contribution in [0.25, 0.3) is 0 Å². The number of nitrogens with zero attached hydrogens (tertiary/aromatic N) is 1. The molecule has 232 valence electrons. The number of benzene rings is 4. The summed E-state index contributed by atoms with van der Waals surface area (Å²) in [7, 11) is 0. The Morgan fingerprint density at radius 1 is 0.739 bits per heavy atom. The van der Waals surface area contributed by atoms with Crippen LogP contribution >= 0.6 is 23.2 Å². The summed E-state index contributed by atoms with van der Waals surface area (Å²) >= 11 is 11.9. The van der Waals surface area contributed by atoms with Crippen LogP contribution in [0.2, 0.25) is 10.0 Å². The lowest BCUT2D eigenvalue weighted by Crippen LogP contribution is -2.31. The SMILES string of the molecule is O=C(COC(=O)c1cccc(N2C(=O)[C@H]3CC[C@H](c4ccccc4)C[C@@H]3C2=O)c1)c1ccc(OC(=O)c2ccc(Cl)cc2Cl)cc1. The number of ether oxygens (including phenoxy) is 2. The predicted molar refractivity (Wildman–Crippen MR) is 171 cm³/mol. The van der Waals surface area contributed by atoms with Crippen molar-refractivity contribution in [2.24, 2.45) is 11.8 Å². The molecule has 10 heteroatoms. The van der Waals surface area contributed by atoms with Crippen LogP contribution in [-0.2, 0) is 14.3 Å². The molecule has 8 nitrogen and oxygen atoms in total. The first kappa shape index (κ1) is 31.2. The molecule has 1 heterocycles. The van der Waals surface area contributed by atoms with Crippen LogP contribution in [0.3, 0.4) is 0 Å². The molecule has 2 aliphatic rings. The molecule has 2 fully saturated rings. The van der Waals surface area contributed by atoms with Gasteiger partial charge in [-0.2, -0.15) is 0 Å². The Bertz CT molecular complexity index is 1840. The molecule has 1 aliphatic carbocycles. The van der Waals surface area contributed by atoms with Crippen molar-refractivity contribution >= 4 is 58.4 Å². The molecule has 0 bridgehead atoms. The van der Waals surface area contributed by atoms with E-state index in [9.17, 15) is 24.0 Å². The maximum atomic E-state index is 13.5. The number of rotatable bonds is 8. The number of Topliss-reactive ketones (excluding diaryl/α,β-unsaturated/α-hetero) is 1. The summed E-state index contributed by atoms with van der Waals surface area (Å²) in [4.78, 5) is 66.0. The summed E-state index contributed by atoms with van der Waals surface area (Å²) in [5, 5.41) is 0.523. The molecule has 1 saturated heterocycles. The van der Waals surface area contributed by atoms with E-state index in [1.807, 2.05) is 18.2 Å². The van der Waals surface area contributed by atoms with Crippen molar-refractivity contribution in [1.29, 1.82) is 0 Å². The molecule has 6 rings (SSSR count). The molecule has 0 aromatic heterocycles. The van der Waals surface area contributed by atoms with Gasteiger partial charge >= 0.3 is 11.9 Å². The van der Waals surface area contributed by atoms with Crippen LogP contribution in [0.1, 0.15) is 61.8 Å². The van der Waals surface area contributed by atoms with Crippen molar-refractivity contribution in [3.63, 3.8) is 0 Å². The Kier molecular flexibility index (Phi) is 9.01. The number of fused-ring (bicyclic) bond motifs is 1. The third-order valence-corrected chi connectivity index (χ3v) is 8.96. The number of amides is 2. The molecular weight excluding hydrogens is 629 g/mol. The van der Waals surface area contributed by atoms with Gasteiger partial charge in [0.15, 0.2) is 12.4 Å². The number of carbonyl (C=O) groups is 5. The Labute approximate surface area is 274 Å². The van der Waals surface area contributed by atoms with E-state index >= 15 is 0 Å². The van der Waals surface area contributed by atoms with Gasteiger partial charge in [-0.25, -0.2) is 9.59 Å². The zero-order valence-electron chi connectivity index (χ0n) is 24.4. The fourth-order valence-electron chi connectivity index (χ4n) is 6.06. The number of hydrogen-bond donors (Lipinski definition) is 0. The second-order valence-electron chi connectivity index (χ2n) is 11.2. The second kappa shape index (κ2) is 13.3. The minimum Gasteiger partial charge on any atom is -0.454 e. The summed E-state index contributed by atoms with van der Waals surface area (Å²) in [6, 6.07) is 26.3. The van der Waals surface area contributed by atoms with Crippen molar-refractivity contribution in [1.82, 2.24) is 0 Å². The third kappa shape index (κ3) is 6.45. The highest BCUT2D eigenvalue weighted by atomic mass is 35.5. The van der Waals surface area contributed by atoms with Crippen LogP contribution in [0.15, 0.2) is 97.1 Å². The third-order valence-electron chi connectivity index (χ3n) is 8.41. The summed E-state index contributed by atoms with van der Waals surface area (Å²) in [5.74, 6) is -2.87. The van der Waals surface area contributed by atoms with E-state index in [1.165, 1.54) is 59.5 Å². The smallest absolute Gasteiger partial charge is 0.345 e. The quantitative estimate of drug-likeness (QED) is 0.0847. The monoisotopic (exact) mass is 655 g/mol. The van der Waals surface area contributed by atoms with Crippen LogP contribution in [0.4, 0.5) is 5.69 Å². The van der Waals surface area contributed by atoms with Crippen LogP contribution in [0.5, 0.6) is 5.75 Å². The van der Waals surface area contributed by atoms with Crippen LogP contribution in [-0.4, -0.2) is 36.1 Å². The fraction of sp³-hybridized carbons (Fsp3) is 0.194. The van der Waals surface area contributed by atoms with Crippen LogP contribution in [0, 0.1) is 11.8 Å². The normalized spacial score (nSPS) is 19.0. The lowest BCUT2D eigenvalue weighted by Gasteiger charge is -2.28. The summed E-state index contributed by atoms with van der Waals surface area (Å²) in [6.07, 6.45) is 2.04. The molecule has 0 N–H and O–H groups in total. The highest BCUT2D eigenvalue weighted by Gasteiger charge is 2.50. The van der Waals surface area contributed by atoms with Gasteiger partial charge in [0.05, 0.1) is 33.7 Å². The van der Waals surface area contributed by atoms with Gasteiger partial charge in [0.1, 0.15) is 5.75 Å². The number of halogens is 2. The number of hydrogen-bond acceptors (Lipinski definition) is 7. The van der Waals surface area contributed by atoms with Gasteiger partial charge < -0.3 is 9.47 Å². The number of carbonyl (C=O) groups excluding carboxylic acids is 5. The average molecular weight is 657 g/mol. The Morgan fingerprint density at radius 2 is 1.48 bits per heavy atom. The summed E-state index contributed by atoms with van der Waals surface area (Å²) < 4.78 is 10.6. The highest BCUT2D eigenvalue weighted by molar-refractivity contribution is 6.36. The molecule has 3 atom stereocenters. The minimum absolute atomic E-state index is 0.103. The molecule has 2 amide bonds. The van der Waals surface area contributed by atoms with Gasteiger partial charge in [-0.05, 0) is 91.4 Å². The summed E-state index contributed by atoms with van der Waals surface area (Å²) in [5.41, 5.74) is 1.93. The number of esters is 2. The highest BCUT2D eigenvalue weighted by Crippen LogP contribution is 2.45. The van der Waals surface area contributed by atoms with Gasteiger partial charge in [-0.3, -0.25) is 19.3 Å². The summed E-state index contributed by atoms with van der Waals surface area (Å²) in [6.45, 7) is -0.546. The molecule has 0 spiro atoms. The molecule has 0 unspecified atom stereocenters. The Balaban J connectivity index is 1.06. The van der Waals surface area contributed by atoms with E-state index in [4.69, 9.17) is 32.7 Å². The van der Waals surface area contributed by atoms with Crippen molar-refractivity contribution < 1.29 is 33.4 Å². The van der Waals surface area contributed by atoms with E-state index in [2.05, 4.69) is 12.1 Å². The first-order valence-electron chi connectivity index (χ1n) is 14.7. The topological polar surface area (TPSA) is 107 Å². The predicted octanol–water partition coefficient (Wildman–Crippen LogP) is 7.33. The Hall–Kier alpha value is -4.79. The first-order valence-corrected chi connectivity index (χ1v) is 15.5. The maximum Gasteiger partial charge on any atom is 0.345 e.